The molecule has 0 N–H and O–H groups in total. The molecule has 0 spiro atoms. The number of rotatable bonds is 6. The van der Waals surface area contributed by atoms with Crippen molar-refractivity contribution in [3.8, 4) is 11.5 Å². The number of thiophene rings is 1. The minimum absolute atomic E-state index is 0.454. The van der Waals surface area contributed by atoms with E-state index in [0.717, 1.165) is 50.6 Å². The molecule has 0 atom stereocenters. The average molecular weight is 440 g/mol. The zero-order chi connectivity index (χ0) is 20.8. The summed E-state index contributed by atoms with van der Waals surface area (Å²) in [5.74, 6) is 2.59. The van der Waals surface area contributed by atoms with Crippen LogP contribution in [-0.2, 0) is 19.3 Å². The van der Waals surface area contributed by atoms with Gasteiger partial charge in [0.1, 0.15) is 16.9 Å². The topological polar surface area (TPSA) is 91.6 Å². The van der Waals surface area contributed by atoms with E-state index in [9.17, 15) is 0 Å². The molecular weight excluding hydrogens is 418 g/mol. The molecule has 0 saturated carbocycles. The predicted molar refractivity (Wildman–Crippen MR) is 118 cm³/mol. The maximum atomic E-state index is 4.72. The molecule has 0 amide bonds. The summed E-state index contributed by atoms with van der Waals surface area (Å²) in [6.45, 7) is 7.22. The van der Waals surface area contributed by atoms with Crippen molar-refractivity contribution in [3.05, 3.63) is 35.4 Å². The van der Waals surface area contributed by atoms with Crippen LogP contribution < -0.4 is 0 Å². The van der Waals surface area contributed by atoms with E-state index < -0.39 is 0 Å². The van der Waals surface area contributed by atoms with Gasteiger partial charge < -0.3 is 4.57 Å². The van der Waals surface area contributed by atoms with Gasteiger partial charge in [0, 0.05) is 19.3 Å². The molecule has 30 heavy (non-hydrogen) atoms. The largest absolute Gasteiger partial charge is 0.300 e. The van der Waals surface area contributed by atoms with Crippen molar-refractivity contribution >= 4 is 39.0 Å². The summed E-state index contributed by atoms with van der Waals surface area (Å²) in [6, 6.07) is 4.08. The van der Waals surface area contributed by atoms with Crippen LogP contribution in [-0.4, -0.2) is 44.1 Å². The average Bonchev–Trinajstić information content (AvgIpc) is 3.46. The highest BCUT2D eigenvalue weighted by atomic mass is 32.2. The molecule has 0 aliphatic heterocycles. The van der Waals surface area contributed by atoms with E-state index in [2.05, 4.69) is 43.8 Å². The van der Waals surface area contributed by atoms with Gasteiger partial charge in [-0.25, -0.2) is 14.5 Å². The van der Waals surface area contributed by atoms with Crippen LogP contribution in [0.2, 0.25) is 0 Å². The lowest BCUT2D eigenvalue weighted by Crippen LogP contribution is -2.08. The summed E-state index contributed by atoms with van der Waals surface area (Å²) in [4.78, 5) is 10.1. The first-order valence-corrected chi connectivity index (χ1v) is 11.5. The summed E-state index contributed by atoms with van der Waals surface area (Å²) in [7, 11) is 1.94. The van der Waals surface area contributed by atoms with Crippen molar-refractivity contribution in [3.63, 3.8) is 0 Å². The Morgan fingerprint density at radius 2 is 2.07 bits per heavy atom. The smallest absolute Gasteiger partial charge is 0.191 e. The van der Waals surface area contributed by atoms with Gasteiger partial charge in [0.2, 0.25) is 0 Å². The zero-order valence-electron chi connectivity index (χ0n) is 17.1. The van der Waals surface area contributed by atoms with Gasteiger partial charge in [0.05, 0.1) is 11.1 Å². The standard InChI is InChI=1S/C19H21N9S2/c1-11(2)8-27-17(14-7-12(3)26(4)24-14)22-23-19(27)30-9-15-21-16-13-5-6-29-18(13)20-10-28(16)25-15/h5-7,10-11H,8-9H2,1-4H3. The maximum absolute atomic E-state index is 4.72. The Balaban J connectivity index is 1.45. The Bertz CT molecular complexity index is 1320. The third-order valence-corrected chi connectivity index (χ3v) is 6.57. The normalized spacial score (nSPS) is 12.0. The first-order chi connectivity index (χ1) is 14.5. The lowest BCUT2D eigenvalue weighted by atomic mass is 10.2. The second kappa shape index (κ2) is 7.47. The van der Waals surface area contributed by atoms with Crippen molar-refractivity contribution in [1.82, 2.24) is 44.1 Å². The van der Waals surface area contributed by atoms with E-state index in [4.69, 9.17) is 4.98 Å². The molecule has 5 heterocycles. The van der Waals surface area contributed by atoms with Gasteiger partial charge in [0.25, 0.3) is 0 Å². The molecular formula is C19H21N9S2. The maximum Gasteiger partial charge on any atom is 0.191 e. The third kappa shape index (κ3) is 3.37. The van der Waals surface area contributed by atoms with E-state index in [1.165, 1.54) is 0 Å². The highest BCUT2D eigenvalue weighted by Gasteiger charge is 2.19. The third-order valence-electron chi connectivity index (χ3n) is 4.78. The van der Waals surface area contributed by atoms with Crippen LogP contribution in [0.1, 0.15) is 25.4 Å². The first-order valence-electron chi connectivity index (χ1n) is 9.64. The summed E-state index contributed by atoms with van der Waals surface area (Å²) in [6.07, 6.45) is 1.72. The Labute approximate surface area is 181 Å². The van der Waals surface area contributed by atoms with Gasteiger partial charge in [-0.1, -0.05) is 25.6 Å². The number of aromatic nitrogens is 9. The van der Waals surface area contributed by atoms with E-state index in [-0.39, 0.29) is 0 Å². The van der Waals surface area contributed by atoms with E-state index in [0.29, 0.717) is 11.7 Å². The van der Waals surface area contributed by atoms with Gasteiger partial charge in [0.15, 0.2) is 22.5 Å². The van der Waals surface area contributed by atoms with Gasteiger partial charge in [-0.2, -0.15) is 5.10 Å². The Morgan fingerprint density at radius 1 is 1.20 bits per heavy atom. The van der Waals surface area contributed by atoms with Crippen molar-refractivity contribution < 1.29 is 0 Å². The minimum Gasteiger partial charge on any atom is -0.300 e. The van der Waals surface area contributed by atoms with Gasteiger partial charge in [-0.3, -0.25) is 4.68 Å². The summed E-state index contributed by atoms with van der Waals surface area (Å²) < 4.78 is 5.74. The van der Waals surface area contributed by atoms with Gasteiger partial charge >= 0.3 is 0 Å². The molecule has 0 bridgehead atoms. The van der Waals surface area contributed by atoms with Crippen molar-refractivity contribution in [1.29, 1.82) is 0 Å². The van der Waals surface area contributed by atoms with E-state index in [1.54, 1.807) is 33.9 Å². The fourth-order valence-corrected chi connectivity index (χ4v) is 4.81. The highest BCUT2D eigenvalue weighted by Crippen LogP contribution is 2.27. The molecule has 9 nitrogen and oxygen atoms in total. The monoisotopic (exact) mass is 439 g/mol. The van der Waals surface area contributed by atoms with E-state index in [1.807, 2.05) is 36.2 Å². The predicted octanol–water partition coefficient (Wildman–Crippen LogP) is 3.59. The van der Waals surface area contributed by atoms with Gasteiger partial charge in [-0.15, -0.1) is 26.6 Å². The van der Waals surface area contributed by atoms with Crippen LogP contribution in [0.5, 0.6) is 0 Å². The number of nitrogens with zero attached hydrogens (tertiary/aromatic N) is 9. The fraction of sp³-hybridized carbons (Fsp3) is 0.368. The molecule has 0 aliphatic rings. The minimum atomic E-state index is 0.454. The molecule has 154 valence electrons. The molecule has 0 unspecified atom stereocenters. The van der Waals surface area contributed by atoms with Crippen LogP contribution in [0.15, 0.2) is 29.0 Å². The highest BCUT2D eigenvalue weighted by molar-refractivity contribution is 7.98. The number of thioether (sulfide) groups is 1. The lowest BCUT2D eigenvalue weighted by Gasteiger charge is -2.11. The first kappa shape index (κ1) is 19.2. The Hall–Kier alpha value is -2.79. The SMILES string of the molecule is Cc1cc(-c2nnc(SCc3nc4c5ccsc5ncn4n3)n2CC(C)C)nn1C. The number of hydrogen-bond acceptors (Lipinski definition) is 8. The molecule has 0 saturated heterocycles. The number of aryl methyl sites for hydroxylation is 2. The number of fused-ring (bicyclic) bond motifs is 3. The molecule has 5 rings (SSSR count). The van der Waals surface area contributed by atoms with Crippen LogP contribution in [0.3, 0.4) is 0 Å². The molecule has 0 aromatic carbocycles. The van der Waals surface area contributed by atoms with Crippen molar-refractivity contribution in [2.75, 3.05) is 0 Å². The second-order valence-electron chi connectivity index (χ2n) is 7.57. The molecule has 0 fully saturated rings. The van der Waals surface area contributed by atoms with Crippen LogP contribution >= 0.6 is 23.1 Å². The number of hydrogen-bond donors (Lipinski definition) is 0. The van der Waals surface area contributed by atoms with Crippen molar-refractivity contribution in [2.24, 2.45) is 13.0 Å². The van der Waals surface area contributed by atoms with Gasteiger partial charge in [-0.05, 0) is 30.4 Å². The van der Waals surface area contributed by atoms with Crippen molar-refractivity contribution in [2.45, 2.75) is 38.2 Å². The summed E-state index contributed by atoms with van der Waals surface area (Å²) in [5, 5.41) is 22.0. The van der Waals surface area contributed by atoms with Crippen LogP contribution in [0.4, 0.5) is 0 Å². The molecule has 5 aromatic rings. The van der Waals surface area contributed by atoms with Crippen LogP contribution in [0, 0.1) is 12.8 Å². The fourth-order valence-electron chi connectivity index (χ4n) is 3.29. The van der Waals surface area contributed by atoms with E-state index >= 15 is 0 Å². The van der Waals surface area contributed by atoms with Crippen LogP contribution in [0.25, 0.3) is 27.4 Å². The lowest BCUT2D eigenvalue weighted by molar-refractivity contribution is 0.497. The summed E-state index contributed by atoms with van der Waals surface area (Å²) in [5.41, 5.74) is 2.76. The Kier molecular flexibility index (Phi) is 4.78. The molecule has 0 aliphatic carbocycles. The zero-order valence-corrected chi connectivity index (χ0v) is 18.8. The molecule has 5 aromatic heterocycles. The molecule has 0 radical (unpaired) electrons. The molecule has 11 heteroatoms. The second-order valence-corrected chi connectivity index (χ2v) is 9.41. The Morgan fingerprint density at radius 3 is 2.83 bits per heavy atom. The quantitative estimate of drug-likeness (QED) is 0.373. The summed E-state index contributed by atoms with van der Waals surface area (Å²) >= 11 is 3.20.